The Morgan fingerprint density at radius 1 is 1.11 bits per heavy atom. The van der Waals surface area contributed by atoms with Crippen molar-refractivity contribution in [1.29, 1.82) is 0 Å². The smallest absolute Gasteiger partial charge is 0.243 e. The van der Waals surface area contributed by atoms with Crippen molar-refractivity contribution in [1.82, 2.24) is 4.31 Å². The molecule has 0 aliphatic rings. The fourth-order valence-electron chi connectivity index (χ4n) is 2.76. The van der Waals surface area contributed by atoms with Crippen LogP contribution in [0.3, 0.4) is 0 Å². The van der Waals surface area contributed by atoms with E-state index in [1.54, 1.807) is 51.3 Å². The number of nitrogens with zero attached hydrogens (tertiary/aromatic N) is 3. The van der Waals surface area contributed by atoms with Crippen LogP contribution < -0.4 is 9.64 Å². The van der Waals surface area contributed by atoms with Crippen molar-refractivity contribution in [2.75, 3.05) is 39.2 Å². The Labute approximate surface area is 166 Å². The molecule has 0 atom stereocenters. The van der Waals surface area contributed by atoms with Crippen LogP contribution >= 0.6 is 0 Å². The Hall–Kier alpha value is -2.58. The fourth-order valence-corrected chi connectivity index (χ4v) is 4.24. The third kappa shape index (κ3) is 4.63. The summed E-state index contributed by atoms with van der Waals surface area (Å²) in [7, 11) is 1.66. The molecule has 0 unspecified atom stereocenters. The number of aromatic hydroxyl groups is 1. The molecule has 0 aromatic heterocycles. The first-order valence-electron chi connectivity index (χ1n) is 8.97. The minimum absolute atomic E-state index is 0.0582. The minimum Gasteiger partial charge on any atom is -0.507 e. The minimum atomic E-state index is -3.60. The zero-order valence-corrected chi connectivity index (χ0v) is 17.7. The first kappa shape index (κ1) is 21.7. The van der Waals surface area contributed by atoms with Gasteiger partial charge >= 0.3 is 0 Å². The maximum Gasteiger partial charge on any atom is 0.243 e. The molecule has 0 heterocycles. The highest BCUT2D eigenvalue weighted by atomic mass is 32.2. The summed E-state index contributed by atoms with van der Waals surface area (Å²) in [6.45, 7) is 4.40. The maximum atomic E-state index is 12.8. The molecule has 0 saturated heterocycles. The highest BCUT2D eigenvalue weighted by Crippen LogP contribution is 2.32. The van der Waals surface area contributed by atoms with Crippen LogP contribution in [0.2, 0.25) is 0 Å². The summed E-state index contributed by atoms with van der Waals surface area (Å²) >= 11 is 0. The molecule has 0 amide bonds. The van der Waals surface area contributed by atoms with Crippen LogP contribution in [-0.2, 0) is 10.0 Å². The molecule has 0 saturated carbocycles. The van der Waals surface area contributed by atoms with Gasteiger partial charge in [-0.05, 0) is 36.4 Å². The third-order valence-electron chi connectivity index (χ3n) is 4.35. The van der Waals surface area contributed by atoms with E-state index in [1.165, 1.54) is 16.6 Å². The molecule has 0 spiro atoms. The van der Waals surface area contributed by atoms with Gasteiger partial charge in [0.1, 0.15) is 11.5 Å². The predicted octanol–water partition coefficient (Wildman–Crippen LogP) is 3.25. The number of hydrogen-bond acceptors (Lipinski definition) is 6. The van der Waals surface area contributed by atoms with Crippen molar-refractivity contribution in [2.24, 2.45) is 4.99 Å². The Morgan fingerprint density at radius 3 is 2.36 bits per heavy atom. The van der Waals surface area contributed by atoms with Gasteiger partial charge in [0.25, 0.3) is 0 Å². The molecule has 2 rings (SSSR count). The zero-order valence-electron chi connectivity index (χ0n) is 16.9. The van der Waals surface area contributed by atoms with E-state index in [-0.39, 0.29) is 10.6 Å². The van der Waals surface area contributed by atoms with Crippen LogP contribution in [0.25, 0.3) is 0 Å². The lowest BCUT2D eigenvalue weighted by Crippen LogP contribution is -2.30. The molecule has 2 aromatic rings. The highest BCUT2D eigenvalue weighted by Gasteiger charge is 2.22. The highest BCUT2D eigenvalue weighted by molar-refractivity contribution is 7.89. The number of hydrogen-bond donors (Lipinski definition) is 1. The van der Waals surface area contributed by atoms with Crippen LogP contribution in [0, 0.1) is 0 Å². The second-order valence-corrected chi connectivity index (χ2v) is 8.26. The van der Waals surface area contributed by atoms with Crippen molar-refractivity contribution in [3.8, 4) is 11.5 Å². The van der Waals surface area contributed by atoms with Gasteiger partial charge in [0, 0.05) is 39.0 Å². The number of aliphatic imine (C=N–C) groups is 1. The number of ether oxygens (including phenoxy) is 1. The van der Waals surface area contributed by atoms with Gasteiger partial charge in [0.2, 0.25) is 10.0 Å². The summed E-state index contributed by atoms with van der Waals surface area (Å²) in [5.74, 6) is 0.646. The van der Waals surface area contributed by atoms with Crippen LogP contribution in [0.5, 0.6) is 11.5 Å². The number of methoxy groups -OCH3 is 1. The summed E-state index contributed by atoms with van der Waals surface area (Å²) in [5.41, 5.74) is 1.72. The molecule has 0 fully saturated rings. The predicted molar refractivity (Wildman–Crippen MR) is 113 cm³/mol. The maximum absolute atomic E-state index is 12.8. The van der Waals surface area contributed by atoms with E-state index in [1.807, 2.05) is 19.0 Å². The van der Waals surface area contributed by atoms with E-state index in [0.29, 0.717) is 30.1 Å². The van der Waals surface area contributed by atoms with Gasteiger partial charge < -0.3 is 14.7 Å². The molecule has 152 valence electrons. The average Bonchev–Trinajstić information content (AvgIpc) is 2.67. The largest absolute Gasteiger partial charge is 0.507 e. The molecule has 2 aromatic carbocycles. The summed E-state index contributed by atoms with van der Waals surface area (Å²) in [5, 5.41) is 10.0. The Morgan fingerprint density at radius 2 is 1.79 bits per heavy atom. The van der Waals surface area contributed by atoms with Crippen molar-refractivity contribution in [2.45, 2.75) is 18.7 Å². The Bertz CT molecular complexity index is 952. The standard InChI is InChI=1S/C20H27N3O4S/c1-6-23(7-2)28(25,26)17-9-10-19(22(3)4)18(13-17)21-14-15-12-16(27-5)8-11-20(15)24/h8-14,24H,6-7H2,1-5H3. The molecular formula is C20H27N3O4S. The van der Waals surface area contributed by atoms with Crippen LogP contribution in [0.4, 0.5) is 11.4 Å². The SMILES string of the molecule is CCN(CC)S(=O)(=O)c1ccc(N(C)C)c(N=Cc2cc(OC)ccc2O)c1. The van der Waals surface area contributed by atoms with Gasteiger partial charge in [-0.3, -0.25) is 4.99 Å². The number of benzene rings is 2. The number of phenols is 1. The summed E-state index contributed by atoms with van der Waals surface area (Å²) in [4.78, 5) is 6.49. The number of anilines is 1. The lowest BCUT2D eigenvalue weighted by molar-refractivity contribution is 0.412. The first-order valence-corrected chi connectivity index (χ1v) is 10.4. The van der Waals surface area contributed by atoms with Crippen molar-refractivity contribution < 1.29 is 18.3 Å². The van der Waals surface area contributed by atoms with Gasteiger partial charge in [-0.2, -0.15) is 4.31 Å². The van der Waals surface area contributed by atoms with E-state index in [4.69, 9.17) is 4.74 Å². The normalized spacial score (nSPS) is 11.9. The van der Waals surface area contributed by atoms with E-state index in [2.05, 4.69) is 4.99 Å². The number of rotatable bonds is 8. The number of sulfonamides is 1. The summed E-state index contributed by atoms with van der Waals surface area (Å²) < 4.78 is 32.3. The second kappa shape index (κ2) is 9.07. The lowest BCUT2D eigenvalue weighted by Gasteiger charge is -2.20. The molecule has 0 bridgehead atoms. The molecule has 0 aliphatic carbocycles. The summed E-state index contributed by atoms with van der Waals surface area (Å²) in [6, 6.07) is 9.70. The van der Waals surface area contributed by atoms with Crippen LogP contribution in [-0.4, -0.2) is 58.3 Å². The van der Waals surface area contributed by atoms with Gasteiger partial charge in [0.05, 0.1) is 23.4 Å². The molecular weight excluding hydrogens is 378 g/mol. The van der Waals surface area contributed by atoms with E-state index < -0.39 is 10.0 Å². The topological polar surface area (TPSA) is 82.4 Å². The first-order chi connectivity index (χ1) is 13.2. The van der Waals surface area contributed by atoms with Gasteiger partial charge in [0.15, 0.2) is 0 Å². The molecule has 7 nitrogen and oxygen atoms in total. The molecule has 0 aliphatic heterocycles. The van der Waals surface area contributed by atoms with Crippen LogP contribution in [0.15, 0.2) is 46.3 Å². The van der Waals surface area contributed by atoms with Gasteiger partial charge in [-0.15, -0.1) is 0 Å². The van der Waals surface area contributed by atoms with Crippen molar-refractivity contribution in [3.05, 3.63) is 42.0 Å². The average molecular weight is 406 g/mol. The Kier molecular flexibility index (Phi) is 7.04. The van der Waals surface area contributed by atoms with E-state index in [9.17, 15) is 13.5 Å². The Balaban J connectivity index is 2.53. The second-order valence-electron chi connectivity index (χ2n) is 6.32. The molecule has 0 radical (unpaired) electrons. The van der Waals surface area contributed by atoms with Crippen molar-refractivity contribution in [3.63, 3.8) is 0 Å². The molecule has 1 N–H and O–H groups in total. The fraction of sp³-hybridized carbons (Fsp3) is 0.350. The number of phenolic OH excluding ortho intramolecular Hbond substituents is 1. The third-order valence-corrected chi connectivity index (χ3v) is 6.40. The van der Waals surface area contributed by atoms with E-state index in [0.717, 1.165) is 5.69 Å². The van der Waals surface area contributed by atoms with Gasteiger partial charge in [-0.25, -0.2) is 8.42 Å². The van der Waals surface area contributed by atoms with Gasteiger partial charge in [-0.1, -0.05) is 13.8 Å². The zero-order chi connectivity index (χ0) is 20.9. The molecule has 8 heteroatoms. The lowest BCUT2D eigenvalue weighted by atomic mass is 10.2. The monoisotopic (exact) mass is 405 g/mol. The van der Waals surface area contributed by atoms with Crippen LogP contribution in [0.1, 0.15) is 19.4 Å². The van der Waals surface area contributed by atoms with Crippen molar-refractivity contribution >= 4 is 27.6 Å². The molecule has 28 heavy (non-hydrogen) atoms. The summed E-state index contributed by atoms with van der Waals surface area (Å²) in [6.07, 6.45) is 1.49. The quantitative estimate of drug-likeness (QED) is 0.682. The van der Waals surface area contributed by atoms with E-state index >= 15 is 0 Å².